The van der Waals surface area contributed by atoms with Crippen LogP contribution in [0.5, 0.6) is 0 Å². The Balaban J connectivity index is 3.31. The molecule has 0 atom stereocenters. The molecule has 80 valence electrons. The lowest BCUT2D eigenvalue weighted by Crippen LogP contribution is -2.17. The normalized spacial score (nSPS) is 13.4. The van der Waals surface area contributed by atoms with Crippen LogP contribution in [0.3, 0.4) is 0 Å². The SMILES string of the molecule is CC(C)(C)c1oc(F)cc1C(F)(F)F. The van der Waals surface area contributed by atoms with Crippen molar-refractivity contribution in [2.24, 2.45) is 0 Å². The maximum Gasteiger partial charge on any atom is 0.419 e. The van der Waals surface area contributed by atoms with Crippen LogP contribution in [0.2, 0.25) is 0 Å². The van der Waals surface area contributed by atoms with E-state index in [1.54, 1.807) is 0 Å². The van der Waals surface area contributed by atoms with Crippen LogP contribution >= 0.6 is 0 Å². The van der Waals surface area contributed by atoms with Gasteiger partial charge in [-0.15, -0.1) is 0 Å². The van der Waals surface area contributed by atoms with Gasteiger partial charge in [0.05, 0.1) is 0 Å². The van der Waals surface area contributed by atoms with Crippen molar-refractivity contribution in [3.63, 3.8) is 0 Å². The quantitative estimate of drug-likeness (QED) is 0.594. The molecule has 0 amide bonds. The molecule has 0 aliphatic carbocycles. The standard InChI is InChI=1S/C9H10F4O/c1-8(2,3)7-5(9(11,12)13)4-6(10)14-7/h4H,1-3H3. The molecule has 5 heteroatoms. The lowest BCUT2D eigenvalue weighted by molar-refractivity contribution is -0.139. The van der Waals surface area contributed by atoms with E-state index in [-0.39, 0.29) is 5.76 Å². The van der Waals surface area contributed by atoms with Crippen molar-refractivity contribution < 1.29 is 22.0 Å². The first kappa shape index (κ1) is 11.1. The molecular weight excluding hydrogens is 200 g/mol. The molecule has 0 fully saturated rings. The minimum Gasteiger partial charge on any atom is -0.435 e. The summed E-state index contributed by atoms with van der Waals surface area (Å²) in [5.74, 6) is -0.373. The number of furan rings is 1. The van der Waals surface area contributed by atoms with Gasteiger partial charge in [0.25, 0.3) is 6.01 Å². The van der Waals surface area contributed by atoms with Crippen molar-refractivity contribution in [1.82, 2.24) is 0 Å². The minimum absolute atomic E-state index is 0.373. The van der Waals surface area contributed by atoms with E-state index in [1.165, 1.54) is 20.8 Å². The summed E-state index contributed by atoms with van der Waals surface area (Å²) in [6.45, 7) is 4.58. The first-order valence-electron chi connectivity index (χ1n) is 3.99. The molecule has 0 aliphatic heterocycles. The third-order valence-electron chi connectivity index (χ3n) is 1.69. The Bertz CT molecular complexity index is 298. The van der Waals surface area contributed by atoms with Crippen LogP contribution in [0.4, 0.5) is 17.6 Å². The maximum atomic E-state index is 12.6. The highest BCUT2D eigenvalue weighted by Crippen LogP contribution is 2.38. The molecule has 0 aliphatic rings. The fourth-order valence-electron chi connectivity index (χ4n) is 1.13. The van der Waals surface area contributed by atoms with E-state index >= 15 is 0 Å². The Morgan fingerprint density at radius 3 is 1.93 bits per heavy atom. The minimum atomic E-state index is -4.57. The fraction of sp³-hybridized carbons (Fsp3) is 0.556. The maximum absolute atomic E-state index is 12.6. The molecule has 0 bridgehead atoms. The lowest BCUT2D eigenvalue weighted by atomic mass is 9.90. The number of hydrogen-bond acceptors (Lipinski definition) is 1. The Morgan fingerprint density at radius 1 is 1.14 bits per heavy atom. The zero-order chi connectivity index (χ0) is 11.1. The molecule has 0 aromatic carbocycles. The first-order valence-corrected chi connectivity index (χ1v) is 3.99. The molecule has 1 heterocycles. The highest BCUT2D eigenvalue weighted by atomic mass is 19.4. The summed E-state index contributed by atoms with van der Waals surface area (Å²) < 4.78 is 54.1. The zero-order valence-electron chi connectivity index (χ0n) is 8.00. The molecular formula is C9H10F4O. The van der Waals surface area contributed by atoms with E-state index in [9.17, 15) is 17.6 Å². The van der Waals surface area contributed by atoms with Crippen molar-refractivity contribution >= 4 is 0 Å². The van der Waals surface area contributed by atoms with E-state index < -0.39 is 23.2 Å². The summed E-state index contributed by atoms with van der Waals surface area (Å²) in [5, 5.41) is 0. The predicted molar refractivity (Wildman–Crippen MR) is 42.4 cm³/mol. The van der Waals surface area contributed by atoms with E-state index in [0.29, 0.717) is 6.07 Å². The van der Waals surface area contributed by atoms with Gasteiger partial charge >= 0.3 is 6.18 Å². The fourth-order valence-corrected chi connectivity index (χ4v) is 1.13. The molecule has 0 saturated carbocycles. The average Bonchev–Trinajstić information content (AvgIpc) is 2.27. The molecule has 0 spiro atoms. The largest absolute Gasteiger partial charge is 0.435 e. The third-order valence-corrected chi connectivity index (χ3v) is 1.69. The number of rotatable bonds is 0. The molecule has 0 radical (unpaired) electrons. The molecule has 1 aromatic heterocycles. The van der Waals surface area contributed by atoms with Crippen LogP contribution in [0.15, 0.2) is 10.5 Å². The first-order chi connectivity index (χ1) is 6.12. The molecule has 14 heavy (non-hydrogen) atoms. The van der Waals surface area contributed by atoms with Crippen LogP contribution in [-0.2, 0) is 11.6 Å². The second-order valence-electron chi connectivity index (χ2n) is 4.04. The van der Waals surface area contributed by atoms with Crippen LogP contribution in [0.1, 0.15) is 32.1 Å². The zero-order valence-corrected chi connectivity index (χ0v) is 8.00. The second kappa shape index (κ2) is 3.00. The molecule has 0 unspecified atom stereocenters. The van der Waals surface area contributed by atoms with Crippen LogP contribution in [0.25, 0.3) is 0 Å². The molecule has 0 saturated heterocycles. The summed E-state index contributed by atoms with van der Waals surface area (Å²) in [7, 11) is 0. The van der Waals surface area contributed by atoms with Gasteiger partial charge in [0.1, 0.15) is 11.3 Å². The van der Waals surface area contributed by atoms with E-state index in [0.717, 1.165) is 0 Å². The smallest absolute Gasteiger partial charge is 0.419 e. The predicted octanol–water partition coefficient (Wildman–Crippen LogP) is 3.74. The van der Waals surface area contributed by atoms with Crippen molar-refractivity contribution in [2.75, 3.05) is 0 Å². The van der Waals surface area contributed by atoms with Crippen LogP contribution in [0, 0.1) is 6.01 Å². The summed E-state index contributed by atoms with van der Waals surface area (Å²) >= 11 is 0. The van der Waals surface area contributed by atoms with Gasteiger partial charge in [0.15, 0.2) is 0 Å². The van der Waals surface area contributed by atoms with Gasteiger partial charge in [-0.05, 0) is 0 Å². The lowest BCUT2D eigenvalue weighted by Gasteiger charge is -2.18. The summed E-state index contributed by atoms with van der Waals surface area (Å²) in [4.78, 5) is 0. The van der Waals surface area contributed by atoms with Gasteiger partial charge in [-0.3, -0.25) is 0 Å². The van der Waals surface area contributed by atoms with E-state index in [1.807, 2.05) is 0 Å². The molecule has 1 nitrogen and oxygen atoms in total. The van der Waals surface area contributed by atoms with Crippen molar-refractivity contribution in [3.05, 3.63) is 23.4 Å². The van der Waals surface area contributed by atoms with Gasteiger partial charge in [0, 0.05) is 11.5 Å². The Kier molecular flexibility index (Phi) is 2.37. The summed E-state index contributed by atoms with van der Waals surface area (Å²) in [6.07, 6.45) is -4.57. The monoisotopic (exact) mass is 210 g/mol. The Hall–Kier alpha value is -1.00. The van der Waals surface area contributed by atoms with Crippen molar-refractivity contribution in [3.8, 4) is 0 Å². The Morgan fingerprint density at radius 2 is 1.64 bits per heavy atom. The van der Waals surface area contributed by atoms with Gasteiger partial charge in [-0.25, -0.2) is 0 Å². The third kappa shape index (κ3) is 2.08. The van der Waals surface area contributed by atoms with Crippen LogP contribution < -0.4 is 0 Å². The van der Waals surface area contributed by atoms with E-state index in [4.69, 9.17) is 0 Å². The van der Waals surface area contributed by atoms with E-state index in [2.05, 4.69) is 4.42 Å². The molecule has 1 aromatic rings. The van der Waals surface area contributed by atoms with Gasteiger partial charge in [-0.2, -0.15) is 17.6 Å². The van der Waals surface area contributed by atoms with Gasteiger partial charge in [-0.1, -0.05) is 20.8 Å². The summed E-state index contributed by atoms with van der Waals surface area (Å²) in [5.41, 5.74) is -1.91. The number of hydrogen-bond donors (Lipinski definition) is 0. The highest BCUT2D eigenvalue weighted by molar-refractivity contribution is 5.26. The number of alkyl halides is 3. The topological polar surface area (TPSA) is 13.1 Å². The van der Waals surface area contributed by atoms with Crippen molar-refractivity contribution in [1.29, 1.82) is 0 Å². The highest BCUT2D eigenvalue weighted by Gasteiger charge is 2.40. The van der Waals surface area contributed by atoms with Gasteiger partial charge < -0.3 is 4.42 Å². The van der Waals surface area contributed by atoms with Crippen LogP contribution in [-0.4, -0.2) is 0 Å². The van der Waals surface area contributed by atoms with Gasteiger partial charge in [0.2, 0.25) is 0 Å². The molecule has 0 N–H and O–H groups in total. The number of halogens is 4. The Labute approximate surface area is 78.7 Å². The summed E-state index contributed by atoms with van der Waals surface area (Å²) in [6, 6.07) is -0.831. The van der Waals surface area contributed by atoms with Crippen molar-refractivity contribution in [2.45, 2.75) is 32.4 Å². The molecule has 1 rings (SSSR count). The second-order valence-corrected chi connectivity index (χ2v) is 4.04. The average molecular weight is 210 g/mol.